The first kappa shape index (κ1) is 19.2. The molecule has 2 heterocycles. The van der Waals surface area contributed by atoms with Crippen LogP contribution in [-0.2, 0) is 4.74 Å². The molecule has 0 atom stereocenters. The summed E-state index contributed by atoms with van der Waals surface area (Å²) in [6.45, 7) is 4.30. The maximum Gasteiger partial charge on any atom is 0.340 e. The van der Waals surface area contributed by atoms with Crippen LogP contribution in [0.3, 0.4) is 0 Å². The molecule has 1 aliphatic heterocycles. The molecule has 1 fully saturated rings. The maximum absolute atomic E-state index is 14.2. The third-order valence-electron chi connectivity index (χ3n) is 5.36. The Kier molecular flexibility index (Phi) is 5.34. The normalized spacial score (nSPS) is 14.1. The summed E-state index contributed by atoms with van der Waals surface area (Å²) < 4.78 is 24.3. The Bertz CT molecular complexity index is 1040. The summed E-state index contributed by atoms with van der Waals surface area (Å²) in [7, 11) is 1.22. The summed E-state index contributed by atoms with van der Waals surface area (Å²) in [5, 5.41) is 4.07. The second kappa shape index (κ2) is 8.07. The minimum absolute atomic E-state index is 0.108. The highest BCUT2D eigenvalue weighted by atomic mass is 19.1. The van der Waals surface area contributed by atoms with Crippen molar-refractivity contribution < 1.29 is 18.4 Å². The lowest BCUT2D eigenvalue weighted by Gasteiger charge is -2.30. The van der Waals surface area contributed by atoms with Crippen molar-refractivity contribution in [3.63, 3.8) is 0 Å². The van der Waals surface area contributed by atoms with Gasteiger partial charge in [-0.3, -0.25) is 0 Å². The van der Waals surface area contributed by atoms with Crippen LogP contribution in [0, 0.1) is 12.7 Å². The standard InChI is InChI=1S/C23H23FN2O3/c1-15-12-17(7-9-21(15)26-10-4-3-5-11-26)22-14-20(25-29-22)16-6-8-18(19(24)13-16)23(27)28-2/h6-9,12-14H,3-5,10-11H2,1-2H3. The lowest BCUT2D eigenvalue weighted by Crippen LogP contribution is -2.29. The van der Waals surface area contributed by atoms with Crippen molar-refractivity contribution >= 4 is 11.7 Å². The van der Waals surface area contributed by atoms with Crippen molar-refractivity contribution in [1.29, 1.82) is 0 Å². The SMILES string of the molecule is COC(=O)c1ccc(-c2cc(-c3ccc(N4CCCCC4)c(C)c3)on2)cc1F. The van der Waals surface area contributed by atoms with E-state index in [-0.39, 0.29) is 5.56 Å². The number of aryl methyl sites for hydroxylation is 1. The fraction of sp³-hybridized carbons (Fsp3) is 0.304. The molecule has 4 rings (SSSR count). The van der Waals surface area contributed by atoms with E-state index < -0.39 is 11.8 Å². The van der Waals surface area contributed by atoms with Crippen LogP contribution >= 0.6 is 0 Å². The molecule has 0 bridgehead atoms. The molecule has 0 radical (unpaired) electrons. The summed E-state index contributed by atoms with van der Waals surface area (Å²) in [6, 6.07) is 12.3. The third kappa shape index (κ3) is 3.88. The predicted molar refractivity (Wildman–Crippen MR) is 109 cm³/mol. The molecule has 0 amide bonds. The van der Waals surface area contributed by atoms with Gasteiger partial charge in [-0.1, -0.05) is 11.2 Å². The minimum atomic E-state index is -0.709. The van der Waals surface area contributed by atoms with Gasteiger partial charge < -0.3 is 14.2 Å². The largest absolute Gasteiger partial charge is 0.465 e. The first-order valence-electron chi connectivity index (χ1n) is 9.78. The fourth-order valence-electron chi connectivity index (χ4n) is 3.80. The van der Waals surface area contributed by atoms with Gasteiger partial charge in [-0.15, -0.1) is 0 Å². The zero-order chi connectivity index (χ0) is 20.4. The molecule has 5 nitrogen and oxygen atoms in total. The molecule has 0 saturated carbocycles. The summed E-state index contributed by atoms with van der Waals surface area (Å²) in [6.07, 6.45) is 3.77. The van der Waals surface area contributed by atoms with Crippen LogP contribution in [-0.4, -0.2) is 31.3 Å². The molecular formula is C23H23FN2O3. The Balaban J connectivity index is 1.58. The molecule has 3 aromatic rings. The molecule has 0 N–H and O–H groups in total. The molecule has 0 spiro atoms. The Morgan fingerprint density at radius 2 is 1.83 bits per heavy atom. The fourth-order valence-corrected chi connectivity index (χ4v) is 3.80. The van der Waals surface area contributed by atoms with E-state index in [2.05, 4.69) is 33.8 Å². The van der Waals surface area contributed by atoms with E-state index in [1.54, 1.807) is 12.1 Å². The zero-order valence-electron chi connectivity index (χ0n) is 16.6. The number of anilines is 1. The van der Waals surface area contributed by atoms with Gasteiger partial charge in [-0.25, -0.2) is 9.18 Å². The number of ether oxygens (including phenoxy) is 1. The highest BCUT2D eigenvalue weighted by molar-refractivity contribution is 5.90. The summed E-state index contributed by atoms with van der Waals surface area (Å²) in [5.41, 5.74) is 4.31. The Morgan fingerprint density at radius 3 is 2.52 bits per heavy atom. The topological polar surface area (TPSA) is 55.6 Å². The number of hydrogen-bond acceptors (Lipinski definition) is 5. The van der Waals surface area contributed by atoms with Crippen molar-refractivity contribution in [1.82, 2.24) is 5.16 Å². The summed E-state index contributed by atoms with van der Waals surface area (Å²) in [5.74, 6) is -0.745. The van der Waals surface area contributed by atoms with Crippen molar-refractivity contribution in [2.75, 3.05) is 25.1 Å². The molecule has 0 aliphatic carbocycles. The number of hydrogen-bond donors (Lipinski definition) is 0. The van der Waals surface area contributed by atoms with Crippen LogP contribution in [0.1, 0.15) is 35.2 Å². The number of nitrogens with zero attached hydrogens (tertiary/aromatic N) is 2. The maximum atomic E-state index is 14.2. The Morgan fingerprint density at radius 1 is 1.07 bits per heavy atom. The van der Waals surface area contributed by atoms with E-state index in [1.165, 1.54) is 49.8 Å². The third-order valence-corrected chi connectivity index (χ3v) is 5.36. The van der Waals surface area contributed by atoms with Crippen LogP contribution in [0.15, 0.2) is 47.0 Å². The number of piperidine rings is 1. The van der Waals surface area contributed by atoms with Gasteiger partial charge in [0, 0.05) is 36.0 Å². The van der Waals surface area contributed by atoms with Gasteiger partial charge in [0.05, 0.1) is 12.7 Å². The van der Waals surface area contributed by atoms with E-state index in [9.17, 15) is 9.18 Å². The molecule has 150 valence electrons. The average Bonchev–Trinajstić information content (AvgIpc) is 3.24. The van der Waals surface area contributed by atoms with Crippen LogP contribution in [0.25, 0.3) is 22.6 Å². The summed E-state index contributed by atoms with van der Waals surface area (Å²) >= 11 is 0. The lowest BCUT2D eigenvalue weighted by atomic mass is 10.0. The van der Waals surface area contributed by atoms with Crippen molar-refractivity contribution in [3.8, 4) is 22.6 Å². The van der Waals surface area contributed by atoms with E-state index in [4.69, 9.17) is 4.52 Å². The molecule has 2 aromatic carbocycles. The average molecular weight is 394 g/mol. The number of methoxy groups -OCH3 is 1. The van der Waals surface area contributed by atoms with Crippen LogP contribution in [0.2, 0.25) is 0 Å². The van der Waals surface area contributed by atoms with Crippen molar-refractivity contribution in [2.45, 2.75) is 26.2 Å². The van der Waals surface area contributed by atoms with Gasteiger partial charge in [0.2, 0.25) is 0 Å². The Labute approximate surface area is 169 Å². The predicted octanol–water partition coefficient (Wildman–Crippen LogP) is 5.23. The van der Waals surface area contributed by atoms with Crippen molar-refractivity contribution in [2.24, 2.45) is 0 Å². The van der Waals surface area contributed by atoms with E-state index in [0.717, 1.165) is 18.7 Å². The van der Waals surface area contributed by atoms with Gasteiger partial charge in [0.1, 0.15) is 11.5 Å². The number of aromatic nitrogens is 1. The van der Waals surface area contributed by atoms with E-state index >= 15 is 0 Å². The quantitative estimate of drug-likeness (QED) is 0.567. The molecular weight excluding hydrogens is 371 g/mol. The van der Waals surface area contributed by atoms with Gasteiger partial charge in [-0.05, 0) is 62.1 Å². The van der Waals surface area contributed by atoms with Crippen molar-refractivity contribution in [3.05, 3.63) is 59.4 Å². The van der Waals surface area contributed by atoms with Gasteiger partial charge in [0.15, 0.2) is 5.76 Å². The molecule has 1 aromatic heterocycles. The smallest absolute Gasteiger partial charge is 0.340 e. The number of rotatable bonds is 4. The van der Waals surface area contributed by atoms with E-state index in [1.807, 2.05) is 6.07 Å². The lowest BCUT2D eigenvalue weighted by molar-refractivity contribution is 0.0595. The first-order valence-corrected chi connectivity index (χ1v) is 9.78. The Hall–Kier alpha value is -3.15. The number of benzene rings is 2. The number of halogens is 1. The van der Waals surface area contributed by atoms with Gasteiger partial charge in [0.25, 0.3) is 0 Å². The zero-order valence-corrected chi connectivity index (χ0v) is 16.6. The van der Waals surface area contributed by atoms with E-state index in [0.29, 0.717) is 17.0 Å². The number of carbonyl (C=O) groups excluding carboxylic acids is 1. The number of esters is 1. The first-order chi connectivity index (χ1) is 14.1. The monoisotopic (exact) mass is 394 g/mol. The van der Waals surface area contributed by atoms with Gasteiger partial charge in [-0.2, -0.15) is 0 Å². The van der Waals surface area contributed by atoms with Crippen LogP contribution in [0.5, 0.6) is 0 Å². The van der Waals surface area contributed by atoms with Gasteiger partial charge >= 0.3 is 5.97 Å². The molecule has 1 aliphatic rings. The second-order valence-corrected chi connectivity index (χ2v) is 7.31. The highest BCUT2D eigenvalue weighted by Crippen LogP contribution is 2.31. The number of carbonyl (C=O) groups is 1. The molecule has 0 unspecified atom stereocenters. The summed E-state index contributed by atoms with van der Waals surface area (Å²) in [4.78, 5) is 14.0. The molecule has 6 heteroatoms. The molecule has 1 saturated heterocycles. The minimum Gasteiger partial charge on any atom is -0.465 e. The highest BCUT2D eigenvalue weighted by Gasteiger charge is 2.17. The van der Waals surface area contributed by atoms with Crippen LogP contribution < -0.4 is 4.90 Å². The van der Waals surface area contributed by atoms with Crippen LogP contribution in [0.4, 0.5) is 10.1 Å². The molecule has 29 heavy (non-hydrogen) atoms. The second-order valence-electron chi connectivity index (χ2n) is 7.31.